The molecule has 27 heavy (non-hydrogen) atoms. The van der Waals surface area contributed by atoms with Crippen molar-refractivity contribution in [2.45, 2.75) is 6.42 Å². The van der Waals surface area contributed by atoms with Crippen LogP contribution < -0.4 is 16.2 Å². The molecule has 0 atom stereocenters. The Bertz CT molecular complexity index is 978. The summed E-state index contributed by atoms with van der Waals surface area (Å²) in [5.74, 6) is -0.584. The van der Waals surface area contributed by atoms with Crippen LogP contribution in [0, 0.1) is 0 Å². The van der Waals surface area contributed by atoms with E-state index < -0.39 is 0 Å². The van der Waals surface area contributed by atoms with Crippen molar-refractivity contribution >= 4 is 11.8 Å². The lowest BCUT2D eigenvalue weighted by Gasteiger charge is -2.06. The number of carbonyl (C=O) groups is 2. The van der Waals surface area contributed by atoms with Crippen molar-refractivity contribution in [2.75, 3.05) is 13.1 Å². The Kier molecular flexibility index (Phi) is 5.78. The van der Waals surface area contributed by atoms with E-state index in [-0.39, 0.29) is 17.4 Å². The summed E-state index contributed by atoms with van der Waals surface area (Å²) < 4.78 is 0. The highest BCUT2D eigenvalue weighted by atomic mass is 16.2. The molecule has 0 aliphatic rings. The number of nitrogens with zero attached hydrogens (tertiary/aromatic N) is 1. The standard InChI is InChI=1S/C19H19N5O3/c25-17-11-14(7-10-20-17)18(26)21-8-4-9-22-19(27)16-12-15(23-24-16)13-5-2-1-3-6-13/h1-3,5-7,10-12H,4,8-9H2,(H,20,25)(H,21,26)(H,22,27)(H,23,24). The lowest BCUT2D eigenvalue weighted by molar-refractivity contribution is 0.0948. The number of pyridine rings is 1. The molecule has 8 nitrogen and oxygen atoms in total. The molecule has 0 aliphatic heterocycles. The summed E-state index contributed by atoms with van der Waals surface area (Å²) in [6.45, 7) is 0.776. The summed E-state index contributed by atoms with van der Waals surface area (Å²) in [5, 5.41) is 12.3. The second kappa shape index (κ2) is 8.61. The zero-order chi connectivity index (χ0) is 19.1. The number of hydrogen-bond donors (Lipinski definition) is 4. The molecule has 0 spiro atoms. The fraction of sp³-hybridized carbons (Fsp3) is 0.158. The number of rotatable bonds is 7. The van der Waals surface area contributed by atoms with Crippen LogP contribution in [0.25, 0.3) is 11.3 Å². The number of aromatic amines is 2. The zero-order valence-corrected chi connectivity index (χ0v) is 14.5. The van der Waals surface area contributed by atoms with Crippen LogP contribution in [0.4, 0.5) is 0 Å². The van der Waals surface area contributed by atoms with Crippen LogP contribution in [0.2, 0.25) is 0 Å². The van der Waals surface area contributed by atoms with E-state index in [4.69, 9.17) is 0 Å². The third-order valence-corrected chi connectivity index (χ3v) is 3.85. The highest BCUT2D eigenvalue weighted by Crippen LogP contribution is 2.16. The van der Waals surface area contributed by atoms with Crippen molar-refractivity contribution in [3.05, 3.63) is 76.3 Å². The van der Waals surface area contributed by atoms with Gasteiger partial charge in [-0.3, -0.25) is 19.5 Å². The Morgan fingerprint density at radius 1 is 0.963 bits per heavy atom. The van der Waals surface area contributed by atoms with Crippen molar-refractivity contribution in [1.29, 1.82) is 0 Å². The maximum Gasteiger partial charge on any atom is 0.269 e. The van der Waals surface area contributed by atoms with E-state index in [9.17, 15) is 14.4 Å². The van der Waals surface area contributed by atoms with Crippen molar-refractivity contribution in [1.82, 2.24) is 25.8 Å². The van der Waals surface area contributed by atoms with Gasteiger partial charge in [0.05, 0.1) is 5.69 Å². The minimum Gasteiger partial charge on any atom is -0.352 e. The highest BCUT2D eigenvalue weighted by Gasteiger charge is 2.10. The van der Waals surface area contributed by atoms with Crippen molar-refractivity contribution < 1.29 is 9.59 Å². The molecule has 4 N–H and O–H groups in total. The molecule has 138 valence electrons. The van der Waals surface area contributed by atoms with Crippen LogP contribution in [0.15, 0.2) is 59.5 Å². The first-order valence-electron chi connectivity index (χ1n) is 8.49. The van der Waals surface area contributed by atoms with Crippen molar-refractivity contribution in [3.63, 3.8) is 0 Å². The molecule has 0 radical (unpaired) electrons. The Labute approximate surface area is 155 Å². The first kappa shape index (κ1) is 18.1. The predicted octanol–water partition coefficient (Wildman–Crippen LogP) is 1.31. The van der Waals surface area contributed by atoms with E-state index in [1.807, 2.05) is 30.3 Å². The van der Waals surface area contributed by atoms with E-state index in [1.165, 1.54) is 18.3 Å². The van der Waals surface area contributed by atoms with Gasteiger partial charge in [0, 0.05) is 36.5 Å². The van der Waals surface area contributed by atoms with E-state index in [1.54, 1.807) is 6.07 Å². The largest absolute Gasteiger partial charge is 0.352 e. The molecule has 2 amide bonds. The van der Waals surface area contributed by atoms with Gasteiger partial charge in [0.25, 0.3) is 11.8 Å². The molecule has 0 bridgehead atoms. The number of carbonyl (C=O) groups excluding carboxylic acids is 2. The van der Waals surface area contributed by atoms with Crippen LogP contribution in [0.1, 0.15) is 27.3 Å². The average Bonchev–Trinajstić information content (AvgIpc) is 3.18. The van der Waals surface area contributed by atoms with E-state index in [2.05, 4.69) is 25.8 Å². The minimum absolute atomic E-state index is 0.259. The zero-order valence-electron chi connectivity index (χ0n) is 14.5. The van der Waals surface area contributed by atoms with Crippen LogP contribution in [0.5, 0.6) is 0 Å². The van der Waals surface area contributed by atoms with E-state index in [0.29, 0.717) is 36.5 Å². The Hall–Kier alpha value is -3.68. The third-order valence-electron chi connectivity index (χ3n) is 3.85. The summed E-state index contributed by atoms with van der Waals surface area (Å²) in [7, 11) is 0. The van der Waals surface area contributed by atoms with Gasteiger partial charge in [0.2, 0.25) is 5.56 Å². The highest BCUT2D eigenvalue weighted by molar-refractivity contribution is 5.94. The summed E-state index contributed by atoms with van der Waals surface area (Å²) in [5.41, 5.74) is 1.97. The van der Waals surface area contributed by atoms with Gasteiger partial charge < -0.3 is 15.6 Å². The quantitative estimate of drug-likeness (QED) is 0.472. The molecule has 0 aliphatic carbocycles. The first-order valence-corrected chi connectivity index (χ1v) is 8.49. The van der Waals surface area contributed by atoms with Crippen molar-refractivity contribution in [2.24, 2.45) is 0 Å². The van der Waals surface area contributed by atoms with E-state index >= 15 is 0 Å². The van der Waals surface area contributed by atoms with Crippen LogP contribution >= 0.6 is 0 Å². The van der Waals surface area contributed by atoms with Gasteiger partial charge in [-0.05, 0) is 18.6 Å². The van der Waals surface area contributed by atoms with Crippen LogP contribution in [-0.2, 0) is 0 Å². The summed E-state index contributed by atoms with van der Waals surface area (Å²) in [6.07, 6.45) is 1.98. The number of benzene rings is 1. The average molecular weight is 365 g/mol. The van der Waals surface area contributed by atoms with Gasteiger partial charge in [-0.2, -0.15) is 5.10 Å². The lowest BCUT2D eigenvalue weighted by atomic mass is 10.1. The monoisotopic (exact) mass is 365 g/mol. The number of nitrogens with one attached hydrogen (secondary N) is 4. The third kappa shape index (κ3) is 4.91. The Morgan fingerprint density at radius 2 is 1.70 bits per heavy atom. The van der Waals surface area contributed by atoms with Gasteiger partial charge in [0.15, 0.2) is 0 Å². The number of hydrogen-bond acceptors (Lipinski definition) is 4. The van der Waals surface area contributed by atoms with Gasteiger partial charge in [0.1, 0.15) is 5.69 Å². The molecular formula is C19H19N5O3. The molecule has 2 aromatic heterocycles. The van der Waals surface area contributed by atoms with Crippen LogP contribution in [-0.4, -0.2) is 40.1 Å². The Balaban J connectivity index is 1.42. The second-order valence-electron chi connectivity index (χ2n) is 5.84. The van der Waals surface area contributed by atoms with Crippen LogP contribution in [0.3, 0.4) is 0 Å². The van der Waals surface area contributed by atoms with Gasteiger partial charge in [-0.25, -0.2) is 0 Å². The number of H-pyrrole nitrogens is 2. The fourth-order valence-corrected chi connectivity index (χ4v) is 2.47. The molecular weight excluding hydrogens is 346 g/mol. The second-order valence-corrected chi connectivity index (χ2v) is 5.84. The number of amides is 2. The molecule has 0 saturated carbocycles. The van der Waals surface area contributed by atoms with Gasteiger partial charge in [-0.1, -0.05) is 30.3 Å². The summed E-state index contributed by atoms with van der Waals surface area (Å²) in [6, 6.07) is 14.0. The summed E-state index contributed by atoms with van der Waals surface area (Å²) in [4.78, 5) is 37.7. The molecule has 0 saturated heterocycles. The van der Waals surface area contributed by atoms with Gasteiger partial charge >= 0.3 is 0 Å². The van der Waals surface area contributed by atoms with E-state index in [0.717, 1.165) is 5.56 Å². The fourth-order valence-electron chi connectivity index (χ4n) is 2.47. The molecule has 2 heterocycles. The Morgan fingerprint density at radius 3 is 2.44 bits per heavy atom. The molecule has 0 unspecified atom stereocenters. The molecule has 1 aromatic carbocycles. The minimum atomic E-state index is -0.329. The number of aromatic nitrogens is 3. The molecule has 0 fully saturated rings. The lowest BCUT2D eigenvalue weighted by Crippen LogP contribution is -2.30. The van der Waals surface area contributed by atoms with Gasteiger partial charge in [-0.15, -0.1) is 0 Å². The molecule has 3 aromatic rings. The molecule has 3 rings (SSSR count). The summed E-state index contributed by atoms with van der Waals surface area (Å²) >= 11 is 0. The maximum atomic E-state index is 12.1. The maximum absolute atomic E-state index is 12.1. The first-order chi connectivity index (χ1) is 13.1. The topological polar surface area (TPSA) is 120 Å². The normalized spacial score (nSPS) is 10.4. The van der Waals surface area contributed by atoms with Crippen molar-refractivity contribution in [3.8, 4) is 11.3 Å². The SMILES string of the molecule is O=C(NCCCNC(=O)c1cc(-c2ccccc2)n[nH]1)c1cc[nH]c(=O)c1. The smallest absolute Gasteiger partial charge is 0.269 e. The molecule has 8 heteroatoms. The predicted molar refractivity (Wildman–Crippen MR) is 100 cm³/mol.